The zero-order valence-electron chi connectivity index (χ0n) is 19.2. The molecule has 0 saturated carbocycles. The lowest BCUT2D eigenvalue weighted by Crippen LogP contribution is -2.34. The second-order valence-corrected chi connectivity index (χ2v) is 9.03. The monoisotopic (exact) mass is 499 g/mol. The van der Waals surface area contributed by atoms with Crippen LogP contribution in [0.25, 0.3) is 27.5 Å². The number of fused-ring (bicyclic) bond motifs is 2. The lowest BCUT2D eigenvalue weighted by atomic mass is 10.0. The fraction of sp³-hybridized carbons (Fsp3) is 0.111. The van der Waals surface area contributed by atoms with Gasteiger partial charge in [-0.3, -0.25) is 10.1 Å². The number of hydrogen-bond acceptors (Lipinski definition) is 4. The van der Waals surface area contributed by atoms with Gasteiger partial charge < -0.3 is 5.32 Å². The number of nitrogens with zero attached hydrogens (tertiary/aromatic N) is 3. The molecule has 0 bridgehead atoms. The Morgan fingerprint density at radius 2 is 1.66 bits per heavy atom. The van der Waals surface area contributed by atoms with Gasteiger partial charge in [-0.05, 0) is 78.5 Å². The lowest BCUT2D eigenvalue weighted by Gasteiger charge is -2.13. The highest BCUT2D eigenvalue weighted by atomic mass is 35.5. The smallest absolute Gasteiger partial charge is 0.258 e. The van der Waals surface area contributed by atoms with E-state index in [1.165, 1.54) is 5.56 Å². The second-order valence-electron chi connectivity index (χ2n) is 8.21. The van der Waals surface area contributed by atoms with Gasteiger partial charge in [-0.2, -0.15) is 4.80 Å². The molecule has 35 heavy (non-hydrogen) atoms. The Morgan fingerprint density at radius 3 is 2.40 bits per heavy atom. The van der Waals surface area contributed by atoms with Gasteiger partial charge in [0.05, 0.1) is 5.69 Å². The first kappa shape index (κ1) is 23.0. The summed E-state index contributed by atoms with van der Waals surface area (Å²) in [5.41, 5.74) is 5.82. The Balaban J connectivity index is 1.36. The third-order valence-corrected chi connectivity index (χ3v) is 6.42. The minimum absolute atomic E-state index is 0.194. The van der Waals surface area contributed by atoms with Gasteiger partial charge in [0, 0.05) is 21.7 Å². The van der Waals surface area contributed by atoms with Gasteiger partial charge in [0.1, 0.15) is 11.0 Å². The standard InChI is InChI=1S/C27H22ClN5OS/c1-3-17-10-12-18(13-11-17)33-31-24-14-16(2)23(15-25(24)32-33)29-27(35)30-26(34)21-8-4-7-20-19(21)6-5-9-22(20)28/h4-15H,3H2,1-2H3,(H2,29,30,34,35). The van der Waals surface area contributed by atoms with Gasteiger partial charge in [0.2, 0.25) is 0 Å². The average molecular weight is 500 g/mol. The van der Waals surface area contributed by atoms with E-state index in [9.17, 15) is 4.79 Å². The molecule has 0 saturated heterocycles. The van der Waals surface area contributed by atoms with Crippen LogP contribution in [0.4, 0.5) is 5.69 Å². The van der Waals surface area contributed by atoms with Crippen LogP contribution in [-0.2, 0) is 6.42 Å². The molecule has 0 atom stereocenters. The molecule has 6 nitrogen and oxygen atoms in total. The molecule has 1 aromatic heterocycles. The van der Waals surface area contributed by atoms with Gasteiger partial charge in [-0.15, -0.1) is 10.2 Å². The van der Waals surface area contributed by atoms with E-state index in [-0.39, 0.29) is 11.0 Å². The van der Waals surface area contributed by atoms with Gasteiger partial charge in [0.15, 0.2) is 5.11 Å². The van der Waals surface area contributed by atoms with Crippen molar-refractivity contribution < 1.29 is 4.79 Å². The first-order chi connectivity index (χ1) is 16.9. The normalized spacial score (nSPS) is 11.1. The molecule has 0 aliphatic heterocycles. The summed E-state index contributed by atoms with van der Waals surface area (Å²) in [5, 5.41) is 17.5. The van der Waals surface area contributed by atoms with Crippen molar-refractivity contribution in [2.24, 2.45) is 0 Å². The highest BCUT2D eigenvalue weighted by Crippen LogP contribution is 2.26. The first-order valence-corrected chi connectivity index (χ1v) is 12.0. The summed E-state index contributed by atoms with van der Waals surface area (Å²) >= 11 is 11.7. The zero-order chi connectivity index (χ0) is 24.5. The van der Waals surface area contributed by atoms with E-state index in [1.807, 2.05) is 49.4 Å². The number of hydrogen-bond donors (Lipinski definition) is 2. The summed E-state index contributed by atoms with van der Waals surface area (Å²) in [4.78, 5) is 14.6. The maximum absolute atomic E-state index is 13.0. The number of aryl methyl sites for hydroxylation is 2. The minimum Gasteiger partial charge on any atom is -0.332 e. The molecule has 0 fully saturated rings. The molecule has 2 N–H and O–H groups in total. The summed E-state index contributed by atoms with van der Waals surface area (Å²) in [7, 11) is 0. The number of amides is 1. The number of halogens is 1. The molecule has 5 rings (SSSR count). The lowest BCUT2D eigenvalue weighted by molar-refractivity contribution is 0.0979. The molecule has 0 aliphatic rings. The third-order valence-electron chi connectivity index (χ3n) is 5.89. The van der Waals surface area contributed by atoms with E-state index in [4.69, 9.17) is 23.8 Å². The minimum atomic E-state index is -0.310. The summed E-state index contributed by atoms with van der Waals surface area (Å²) in [6.45, 7) is 4.07. The molecule has 5 aromatic rings. The van der Waals surface area contributed by atoms with Crippen LogP contribution in [0.5, 0.6) is 0 Å². The van der Waals surface area contributed by atoms with Gasteiger partial charge in [-0.25, -0.2) is 0 Å². The highest BCUT2D eigenvalue weighted by molar-refractivity contribution is 7.80. The second kappa shape index (κ2) is 9.44. The third kappa shape index (κ3) is 4.60. The van der Waals surface area contributed by atoms with Crippen molar-refractivity contribution in [2.75, 3.05) is 5.32 Å². The van der Waals surface area contributed by atoms with Crippen molar-refractivity contribution in [3.63, 3.8) is 0 Å². The Kier molecular flexibility index (Phi) is 6.19. The van der Waals surface area contributed by atoms with Gasteiger partial charge in [0.25, 0.3) is 5.91 Å². The largest absolute Gasteiger partial charge is 0.332 e. The number of thiocarbonyl (C=S) groups is 1. The molecule has 4 aromatic carbocycles. The van der Waals surface area contributed by atoms with Gasteiger partial charge in [-0.1, -0.05) is 54.9 Å². The molecule has 1 amide bonds. The summed E-state index contributed by atoms with van der Waals surface area (Å²) in [6, 6.07) is 22.9. The Morgan fingerprint density at radius 1 is 0.971 bits per heavy atom. The van der Waals surface area contributed by atoms with Crippen LogP contribution in [0.2, 0.25) is 5.02 Å². The molecule has 0 radical (unpaired) electrons. The van der Waals surface area contributed by atoms with Crippen LogP contribution in [0.1, 0.15) is 28.4 Å². The van der Waals surface area contributed by atoms with Crippen LogP contribution in [-0.4, -0.2) is 26.0 Å². The van der Waals surface area contributed by atoms with Crippen LogP contribution in [0, 0.1) is 6.92 Å². The van der Waals surface area contributed by atoms with Crippen LogP contribution in [0.15, 0.2) is 72.8 Å². The molecule has 0 aliphatic carbocycles. The number of aromatic nitrogens is 3. The number of carbonyl (C=O) groups excluding carboxylic acids is 1. The van der Waals surface area contributed by atoms with Crippen molar-refractivity contribution in [3.8, 4) is 5.69 Å². The van der Waals surface area contributed by atoms with E-state index in [1.54, 1.807) is 23.0 Å². The fourth-order valence-electron chi connectivity index (χ4n) is 3.98. The summed E-state index contributed by atoms with van der Waals surface area (Å²) < 4.78 is 0. The predicted octanol–water partition coefficient (Wildman–Crippen LogP) is 6.22. The number of rotatable bonds is 4. The van der Waals surface area contributed by atoms with Crippen LogP contribution in [0.3, 0.4) is 0 Å². The molecule has 1 heterocycles. The van der Waals surface area contributed by atoms with E-state index in [2.05, 4.69) is 39.9 Å². The molecular formula is C27H22ClN5OS. The molecule has 0 unspecified atom stereocenters. The first-order valence-electron chi connectivity index (χ1n) is 11.2. The van der Waals surface area contributed by atoms with E-state index in [0.29, 0.717) is 10.6 Å². The molecule has 8 heteroatoms. The molecular weight excluding hydrogens is 478 g/mol. The number of nitrogens with one attached hydrogen (secondary N) is 2. The highest BCUT2D eigenvalue weighted by Gasteiger charge is 2.14. The molecule has 0 spiro atoms. The predicted molar refractivity (Wildman–Crippen MR) is 146 cm³/mol. The Hall–Kier alpha value is -3.81. The van der Waals surface area contributed by atoms with E-state index in [0.717, 1.165) is 45.2 Å². The van der Waals surface area contributed by atoms with E-state index < -0.39 is 0 Å². The van der Waals surface area contributed by atoms with Crippen molar-refractivity contribution >= 4 is 62.3 Å². The van der Waals surface area contributed by atoms with Crippen molar-refractivity contribution in [1.82, 2.24) is 20.3 Å². The fourth-order valence-corrected chi connectivity index (χ4v) is 4.42. The Labute approximate surface area is 212 Å². The molecule has 174 valence electrons. The number of benzene rings is 4. The number of anilines is 1. The van der Waals surface area contributed by atoms with Crippen molar-refractivity contribution in [3.05, 3.63) is 94.5 Å². The van der Waals surface area contributed by atoms with Gasteiger partial charge >= 0.3 is 0 Å². The summed E-state index contributed by atoms with van der Waals surface area (Å²) in [6.07, 6.45) is 0.980. The maximum atomic E-state index is 13.0. The summed E-state index contributed by atoms with van der Waals surface area (Å²) in [5.74, 6) is -0.310. The van der Waals surface area contributed by atoms with Crippen molar-refractivity contribution in [1.29, 1.82) is 0 Å². The average Bonchev–Trinajstić information content (AvgIpc) is 3.26. The van der Waals surface area contributed by atoms with Crippen LogP contribution < -0.4 is 10.6 Å². The quantitative estimate of drug-likeness (QED) is 0.287. The Bertz CT molecular complexity index is 1590. The SMILES string of the molecule is CCc1ccc(-n2nc3cc(C)c(NC(=S)NC(=O)c4cccc5c(Cl)cccc45)cc3n2)cc1. The van der Waals surface area contributed by atoms with E-state index >= 15 is 0 Å². The topological polar surface area (TPSA) is 71.8 Å². The van der Waals surface area contributed by atoms with Crippen LogP contribution >= 0.6 is 23.8 Å². The maximum Gasteiger partial charge on any atom is 0.258 e. The number of carbonyl (C=O) groups is 1. The zero-order valence-corrected chi connectivity index (χ0v) is 20.7. The van der Waals surface area contributed by atoms with Crippen molar-refractivity contribution in [2.45, 2.75) is 20.3 Å².